The van der Waals surface area contributed by atoms with E-state index in [1.807, 2.05) is 25.9 Å². The van der Waals surface area contributed by atoms with E-state index in [4.69, 9.17) is 0 Å². The lowest BCUT2D eigenvalue weighted by Gasteiger charge is -2.16. The van der Waals surface area contributed by atoms with Gasteiger partial charge in [-0.3, -0.25) is 4.79 Å². The number of carbonyl (C=O) groups is 2. The number of hydrogen-bond acceptors (Lipinski definition) is 5. The number of benzene rings is 1. The molecule has 0 bridgehead atoms. The normalized spacial score (nSPS) is 13.1. The van der Waals surface area contributed by atoms with Gasteiger partial charge >= 0.3 is 5.97 Å². The van der Waals surface area contributed by atoms with Crippen LogP contribution < -0.4 is 10.2 Å². The Labute approximate surface area is 166 Å². The number of anilines is 1. The summed E-state index contributed by atoms with van der Waals surface area (Å²) in [5.74, 6) is 0.829. The third kappa shape index (κ3) is 8.36. The van der Waals surface area contributed by atoms with Crippen molar-refractivity contribution in [2.45, 2.75) is 38.0 Å². The topological polar surface area (TPSA) is 69.6 Å². The Morgan fingerprint density at radius 1 is 1.23 bits per heavy atom. The molecule has 0 aliphatic rings. The zero-order valence-corrected chi connectivity index (χ0v) is 17.5. The number of thioether (sulfide) groups is 1. The van der Waals surface area contributed by atoms with Crippen LogP contribution in [0.4, 0.5) is 5.69 Å². The van der Waals surface area contributed by atoms with E-state index in [0.29, 0.717) is 12.2 Å². The quantitative estimate of drug-likeness (QED) is 0.372. The predicted molar refractivity (Wildman–Crippen MR) is 113 cm³/mol. The van der Waals surface area contributed by atoms with E-state index in [1.54, 1.807) is 6.92 Å². The zero-order chi connectivity index (χ0) is 19.5. The molecule has 7 heteroatoms. The van der Waals surface area contributed by atoms with Crippen LogP contribution in [0, 0.1) is 5.92 Å². The molecule has 0 radical (unpaired) electrons. The van der Waals surface area contributed by atoms with E-state index in [9.17, 15) is 14.7 Å². The molecule has 0 heterocycles. The molecule has 2 N–H and O–H groups in total. The van der Waals surface area contributed by atoms with Gasteiger partial charge in [0.2, 0.25) is 5.91 Å². The molecular weight excluding hydrogens is 368 g/mol. The second-order valence-corrected chi connectivity index (χ2v) is 8.06. The van der Waals surface area contributed by atoms with Crippen LogP contribution in [0.2, 0.25) is 0 Å². The number of carboxylic acid groups (broad SMARTS) is 1. The number of amides is 1. The largest absolute Gasteiger partial charge is 0.480 e. The Bertz CT molecular complexity index is 564. The van der Waals surface area contributed by atoms with Crippen LogP contribution in [-0.2, 0) is 15.3 Å². The summed E-state index contributed by atoms with van der Waals surface area (Å²) in [7, 11) is 4.05. The fraction of sp³-hybridized carbons (Fsp3) is 0.579. The maximum Gasteiger partial charge on any atom is 0.326 e. The van der Waals surface area contributed by atoms with Crippen molar-refractivity contribution in [2.24, 2.45) is 5.92 Å². The molecule has 0 spiro atoms. The van der Waals surface area contributed by atoms with Crippen molar-refractivity contribution in [3.63, 3.8) is 0 Å². The molecule has 0 aliphatic carbocycles. The maximum atomic E-state index is 11.8. The molecule has 5 nitrogen and oxygen atoms in total. The summed E-state index contributed by atoms with van der Waals surface area (Å²) in [5, 5.41) is 11.8. The van der Waals surface area contributed by atoms with Crippen LogP contribution >= 0.6 is 24.4 Å². The maximum absolute atomic E-state index is 11.8. The number of hydrogen-bond donors (Lipinski definition) is 3. The Hall–Kier alpha value is -1.34. The highest BCUT2D eigenvalue weighted by Gasteiger charge is 2.21. The number of carboxylic acids is 1. The molecule has 1 aromatic rings. The Balaban J connectivity index is 2.25. The van der Waals surface area contributed by atoms with Gasteiger partial charge in [0.05, 0.1) is 0 Å². The molecule has 0 unspecified atom stereocenters. The first kappa shape index (κ1) is 22.7. The highest BCUT2D eigenvalue weighted by atomic mass is 32.2. The number of aliphatic carboxylic acids is 1. The third-order valence-corrected chi connectivity index (χ3v) is 5.75. The standard InChI is InChI=1S/C19H30N2O3S2/c1-14(12-25)18(22)20-17(19(23)24)6-4-5-11-26-13-15-7-9-16(10-8-15)21(2)3/h7-10,14,17,25H,4-6,11-13H2,1-3H3,(H,20,22)(H,23,24)/t14-,17+/m1/s1. The lowest BCUT2D eigenvalue weighted by molar-refractivity contribution is -0.142. The van der Waals surface area contributed by atoms with Crippen LogP contribution in [0.25, 0.3) is 0 Å². The lowest BCUT2D eigenvalue weighted by atomic mass is 10.1. The first-order valence-electron chi connectivity index (χ1n) is 8.83. The number of nitrogens with zero attached hydrogens (tertiary/aromatic N) is 1. The fourth-order valence-corrected chi connectivity index (χ4v) is 3.43. The van der Waals surface area contributed by atoms with Gasteiger partial charge < -0.3 is 15.3 Å². The molecule has 0 aromatic heterocycles. The molecular formula is C19H30N2O3S2. The Morgan fingerprint density at radius 3 is 2.42 bits per heavy atom. The van der Waals surface area contributed by atoms with Gasteiger partial charge in [0.15, 0.2) is 0 Å². The molecule has 146 valence electrons. The predicted octanol–water partition coefficient (Wildman–Crippen LogP) is 3.29. The Morgan fingerprint density at radius 2 is 1.88 bits per heavy atom. The van der Waals surface area contributed by atoms with Gasteiger partial charge in [-0.05, 0) is 42.7 Å². The molecule has 1 aromatic carbocycles. The second kappa shape index (κ2) is 12.1. The van der Waals surface area contributed by atoms with Crippen molar-refractivity contribution >= 4 is 42.0 Å². The minimum atomic E-state index is -0.974. The van der Waals surface area contributed by atoms with E-state index in [1.165, 1.54) is 11.3 Å². The molecule has 2 atom stereocenters. The highest BCUT2D eigenvalue weighted by Crippen LogP contribution is 2.18. The average Bonchev–Trinajstić information content (AvgIpc) is 2.62. The monoisotopic (exact) mass is 398 g/mol. The van der Waals surface area contributed by atoms with E-state index in [2.05, 4.69) is 47.1 Å². The van der Waals surface area contributed by atoms with E-state index in [-0.39, 0.29) is 11.8 Å². The first-order valence-corrected chi connectivity index (χ1v) is 10.6. The molecule has 26 heavy (non-hydrogen) atoms. The van der Waals surface area contributed by atoms with Gasteiger partial charge in [-0.15, -0.1) is 0 Å². The summed E-state index contributed by atoms with van der Waals surface area (Å²) < 4.78 is 0. The molecule has 0 fully saturated rings. The number of rotatable bonds is 12. The highest BCUT2D eigenvalue weighted by molar-refractivity contribution is 7.98. The van der Waals surface area contributed by atoms with Crippen LogP contribution in [0.15, 0.2) is 24.3 Å². The van der Waals surface area contributed by atoms with Crippen LogP contribution in [0.5, 0.6) is 0 Å². The minimum Gasteiger partial charge on any atom is -0.480 e. The summed E-state index contributed by atoms with van der Waals surface area (Å²) in [6.07, 6.45) is 2.17. The summed E-state index contributed by atoms with van der Waals surface area (Å²) in [5.41, 5.74) is 2.48. The third-order valence-electron chi connectivity index (χ3n) is 4.09. The van der Waals surface area contributed by atoms with Gasteiger partial charge in [0.1, 0.15) is 6.04 Å². The molecule has 0 saturated heterocycles. The van der Waals surface area contributed by atoms with Gasteiger partial charge in [-0.2, -0.15) is 24.4 Å². The van der Waals surface area contributed by atoms with Crippen molar-refractivity contribution in [1.29, 1.82) is 0 Å². The number of carbonyl (C=O) groups excluding carboxylic acids is 1. The van der Waals surface area contributed by atoms with Crippen molar-refractivity contribution in [3.05, 3.63) is 29.8 Å². The average molecular weight is 399 g/mol. The number of unbranched alkanes of at least 4 members (excludes halogenated alkanes) is 1. The van der Waals surface area contributed by atoms with Gasteiger partial charge in [-0.1, -0.05) is 19.1 Å². The van der Waals surface area contributed by atoms with Crippen LogP contribution in [-0.4, -0.2) is 48.6 Å². The van der Waals surface area contributed by atoms with E-state index in [0.717, 1.165) is 24.3 Å². The summed E-state index contributed by atoms with van der Waals surface area (Å²) in [6, 6.07) is 7.69. The second-order valence-electron chi connectivity index (χ2n) is 6.59. The number of thiol groups is 1. The summed E-state index contributed by atoms with van der Waals surface area (Å²) in [6.45, 7) is 1.74. The van der Waals surface area contributed by atoms with Gasteiger partial charge in [0, 0.05) is 37.2 Å². The van der Waals surface area contributed by atoms with Crippen molar-refractivity contribution < 1.29 is 14.7 Å². The minimum absolute atomic E-state index is 0.247. The molecule has 0 saturated carbocycles. The van der Waals surface area contributed by atoms with Crippen molar-refractivity contribution in [2.75, 3.05) is 30.5 Å². The Kier molecular flexibility index (Phi) is 10.6. The van der Waals surface area contributed by atoms with Gasteiger partial charge in [0.25, 0.3) is 0 Å². The van der Waals surface area contributed by atoms with E-state index < -0.39 is 12.0 Å². The van der Waals surface area contributed by atoms with Crippen LogP contribution in [0.1, 0.15) is 31.7 Å². The van der Waals surface area contributed by atoms with Crippen LogP contribution in [0.3, 0.4) is 0 Å². The van der Waals surface area contributed by atoms with Crippen molar-refractivity contribution in [1.82, 2.24) is 5.32 Å². The first-order chi connectivity index (χ1) is 12.3. The molecule has 1 rings (SSSR count). The fourth-order valence-electron chi connectivity index (χ4n) is 2.29. The van der Waals surface area contributed by atoms with Gasteiger partial charge in [-0.25, -0.2) is 4.79 Å². The smallest absolute Gasteiger partial charge is 0.326 e. The van der Waals surface area contributed by atoms with Crippen molar-refractivity contribution in [3.8, 4) is 0 Å². The molecule has 1 amide bonds. The number of nitrogens with one attached hydrogen (secondary N) is 1. The molecule has 0 aliphatic heterocycles. The zero-order valence-electron chi connectivity index (χ0n) is 15.8. The summed E-state index contributed by atoms with van der Waals surface area (Å²) in [4.78, 5) is 25.2. The SMILES string of the molecule is C[C@H](CS)C(=O)N[C@@H](CCCCSCc1ccc(N(C)C)cc1)C(=O)O. The lowest BCUT2D eigenvalue weighted by Crippen LogP contribution is -2.43. The summed E-state index contributed by atoms with van der Waals surface area (Å²) >= 11 is 5.91. The van der Waals surface area contributed by atoms with E-state index >= 15 is 0 Å².